The van der Waals surface area contributed by atoms with Gasteiger partial charge in [0.2, 0.25) is 15.9 Å². The topological polar surface area (TPSA) is 118 Å². The van der Waals surface area contributed by atoms with Gasteiger partial charge in [0.1, 0.15) is 0 Å². The number of aromatic nitrogens is 3. The predicted molar refractivity (Wildman–Crippen MR) is 126 cm³/mol. The molecule has 1 aromatic carbocycles. The quantitative estimate of drug-likeness (QED) is 0.647. The Hall–Kier alpha value is -2.34. The van der Waals surface area contributed by atoms with Gasteiger partial charge in [-0.3, -0.25) is 4.79 Å². The molecule has 0 spiro atoms. The molecule has 0 aliphatic carbocycles. The first-order valence-electron chi connectivity index (χ1n) is 11.6. The van der Waals surface area contributed by atoms with Gasteiger partial charge in [0.05, 0.1) is 42.1 Å². The van der Waals surface area contributed by atoms with Gasteiger partial charge in [-0.15, -0.1) is 5.10 Å². The van der Waals surface area contributed by atoms with Crippen LogP contribution in [0.1, 0.15) is 37.9 Å². The molecule has 11 heteroatoms. The number of sulfonamides is 1. The Balaban J connectivity index is 1.86. The minimum atomic E-state index is -3.72. The van der Waals surface area contributed by atoms with Crippen LogP contribution in [-0.2, 0) is 32.7 Å². The van der Waals surface area contributed by atoms with Crippen molar-refractivity contribution in [1.29, 1.82) is 0 Å². The SMILES string of the molecule is Cc1ccc(S(=O)(=O)N(C)C[C@@H]2OCc3cnnn3CCCC(=O)N([C@@H](C)CO)C[C@H]2C)cc1. The van der Waals surface area contributed by atoms with Crippen LogP contribution in [0.5, 0.6) is 0 Å². The summed E-state index contributed by atoms with van der Waals surface area (Å²) in [7, 11) is -2.19. The Bertz CT molecular complexity index is 1060. The van der Waals surface area contributed by atoms with E-state index in [1.54, 1.807) is 47.0 Å². The summed E-state index contributed by atoms with van der Waals surface area (Å²) in [6, 6.07) is 6.38. The van der Waals surface area contributed by atoms with Crippen LogP contribution < -0.4 is 0 Å². The molecular formula is C23H35N5O5S. The molecule has 3 rings (SSSR count). The minimum Gasteiger partial charge on any atom is -0.394 e. The maximum absolute atomic E-state index is 13.2. The minimum absolute atomic E-state index is 0.0602. The number of hydrogen-bond donors (Lipinski definition) is 1. The van der Waals surface area contributed by atoms with Gasteiger partial charge in [0, 0.05) is 39.0 Å². The van der Waals surface area contributed by atoms with E-state index in [0.29, 0.717) is 25.9 Å². The number of fused-ring (bicyclic) bond motifs is 1. The Kier molecular flexibility index (Phi) is 8.80. The molecular weight excluding hydrogens is 458 g/mol. The fraction of sp³-hybridized carbons (Fsp3) is 0.609. The average Bonchev–Trinajstić information content (AvgIpc) is 3.25. The van der Waals surface area contributed by atoms with Gasteiger partial charge < -0.3 is 14.7 Å². The number of nitrogens with zero attached hydrogens (tertiary/aromatic N) is 5. The number of carbonyl (C=O) groups excluding carboxylic acids is 1. The summed E-state index contributed by atoms with van der Waals surface area (Å²) < 4.78 is 35.6. The second-order valence-electron chi connectivity index (χ2n) is 9.06. The van der Waals surface area contributed by atoms with E-state index in [-0.39, 0.29) is 42.5 Å². The number of aliphatic hydroxyl groups is 1. The van der Waals surface area contributed by atoms with Crippen molar-refractivity contribution in [2.75, 3.05) is 26.7 Å². The first-order chi connectivity index (χ1) is 16.1. The first-order valence-corrected chi connectivity index (χ1v) is 13.0. The number of likely N-dealkylation sites (N-methyl/N-ethyl adjacent to an activating group) is 1. The number of hydrogen-bond acceptors (Lipinski definition) is 7. The number of amides is 1. The number of carbonyl (C=O) groups is 1. The van der Waals surface area contributed by atoms with Crippen molar-refractivity contribution in [3.05, 3.63) is 41.7 Å². The molecule has 0 radical (unpaired) electrons. The van der Waals surface area contributed by atoms with E-state index >= 15 is 0 Å². The zero-order valence-electron chi connectivity index (χ0n) is 20.3. The molecule has 188 valence electrons. The summed E-state index contributed by atoms with van der Waals surface area (Å²) in [4.78, 5) is 14.8. The van der Waals surface area contributed by atoms with Gasteiger partial charge >= 0.3 is 0 Å². The highest BCUT2D eigenvalue weighted by atomic mass is 32.2. The van der Waals surface area contributed by atoms with E-state index in [4.69, 9.17) is 4.74 Å². The summed E-state index contributed by atoms with van der Waals surface area (Å²) in [5, 5.41) is 17.8. The summed E-state index contributed by atoms with van der Waals surface area (Å²) >= 11 is 0. The van der Waals surface area contributed by atoms with E-state index in [1.807, 2.05) is 13.8 Å². The van der Waals surface area contributed by atoms with Crippen LogP contribution in [-0.4, -0.2) is 82.5 Å². The van der Waals surface area contributed by atoms with E-state index < -0.39 is 16.1 Å². The van der Waals surface area contributed by atoms with Crippen LogP contribution in [0.2, 0.25) is 0 Å². The van der Waals surface area contributed by atoms with Crippen molar-refractivity contribution in [2.45, 2.75) is 63.8 Å². The van der Waals surface area contributed by atoms with Crippen LogP contribution in [0.25, 0.3) is 0 Å². The molecule has 2 aromatic rings. The Morgan fingerprint density at radius 2 is 2.00 bits per heavy atom. The molecule has 1 aliphatic heterocycles. The monoisotopic (exact) mass is 493 g/mol. The molecule has 0 fully saturated rings. The predicted octanol–water partition coefficient (Wildman–Crippen LogP) is 1.43. The van der Waals surface area contributed by atoms with Crippen LogP contribution in [0, 0.1) is 12.8 Å². The average molecular weight is 494 g/mol. The lowest BCUT2D eigenvalue weighted by Crippen LogP contribution is -2.47. The van der Waals surface area contributed by atoms with E-state index in [1.165, 1.54) is 11.4 Å². The zero-order chi connectivity index (χ0) is 24.9. The number of aliphatic hydroxyl groups excluding tert-OH is 1. The summed E-state index contributed by atoms with van der Waals surface area (Å²) in [6.07, 6.45) is 2.04. The highest BCUT2D eigenvalue weighted by Crippen LogP contribution is 2.21. The molecule has 1 aromatic heterocycles. The standard InChI is InChI=1S/C23H35N5O5S/c1-17-7-9-21(10-8-17)34(31,32)26(4)14-22-18(2)13-27(19(3)15-29)23(30)6-5-11-28-20(16-33-22)12-24-25-28/h7-10,12,18-19,22,29H,5-6,11,13-16H2,1-4H3/t18-,19+,22+/m1/s1. The van der Waals surface area contributed by atoms with Crippen molar-refractivity contribution in [2.24, 2.45) is 5.92 Å². The van der Waals surface area contributed by atoms with Crippen LogP contribution in [0.3, 0.4) is 0 Å². The van der Waals surface area contributed by atoms with Crippen molar-refractivity contribution in [1.82, 2.24) is 24.2 Å². The molecule has 1 aliphatic rings. The molecule has 3 atom stereocenters. The largest absolute Gasteiger partial charge is 0.394 e. The zero-order valence-corrected chi connectivity index (χ0v) is 21.1. The fourth-order valence-electron chi connectivity index (χ4n) is 3.99. The maximum Gasteiger partial charge on any atom is 0.242 e. The lowest BCUT2D eigenvalue weighted by molar-refractivity contribution is -0.136. The number of rotatable bonds is 6. The van der Waals surface area contributed by atoms with Crippen molar-refractivity contribution >= 4 is 15.9 Å². The molecule has 0 unspecified atom stereocenters. The summed E-state index contributed by atoms with van der Waals surface area (Å²) in [5.74, 6) is -0.257. The van der Waals surface area contributed by atoms with Gasteiger partial charge in [0.15, 0.2) is 0 Å². The van der Waals surface area contributed by atoms with E-state index in [0.717, 1.165) is 11.3 Å². The van der Waals surface area contributed by atoms with Crippen molar-refractivity contribution in [3.63, 3.8) is 0 Å². The van der Waals surface area contributed by atoms with Crippen molar-refractivity contribution in [3.8, 4) is 0 Å². The Morgan fingerprint density at radius 1 is 1.29 bits per heavy atom. The van der Waals surface area contributed by atoms with Crippen LogP contribution in [0.4, 0.5) is 0 Å². The maximum atomic E-state index is 13.2. The van der Waals surface area contributed by atoms with Crippen LogP contribution >= 0.6 is 0 Å². The van der Waals surface area contributed by atoms with Gasteiger partial charge in [-0.05, 0) is 32.4 Å². The van der Waals surface area contributed by atoms with Crippen LogP contribution in [0.15, 0.2) is 35.4 Å². The number of aryl methyl sites for hydroxylation is 2. The molecule has 1 amide bonds. The normalized spacial score (nSPS) is 21.6. The molecule has 34 heavy (non-hydrogen) atoms. The highest BCUT2D eigenvalue weighted by molar-refractivity contribution is 7.89. The molecule has 1 N–H and O–H groups in total. The van der Waals surface area contributed by atoms with Gasteiger partial charge in [-0.1, -0.05) is 29.8 Å². The molecule has 10 nitrogen and oxygen atoms in total. The molecule has 0 saturated carbocycles. The molecule has 2 heterocycles. The Morgan fingerprint density at radius 3 is 2.68 bits per heavy atom. The Labute approximate surface area is 201 Å². The van der Waals surface area contributed by atoms with E-state index in [9.17, 15) is 18.3 Å². The third-order valence-electron chi connectivity index (χ3n) is 6.31. The number of benzene rings is 1. The first kappa shape index (κ1) is 26.3. The van der Waals surface area contributed by atoms with Crippen molar-refractivity contribution < 1.29 is 23.1 Å². The van der Waals surface area contributed by atoms with E-state index in [2.05, 4.69) is 10.3 Å². The van der Waals surface area contributed by atoms with Gasteiger partial charge in [-0.2, -0.15) is 4.31 Å². The summed E-state index contributed by atoms with van der Waals surface area (Å²) in [6.45, 7) is 6.69. The summed E-state index contributed by atoms with van der Waals surface area (Å²) in [5.41, 5.74) is 1.75. The second-order valence-corrected chi connectivity index (χ2v) is 11.1. The smallest absolute Gasteiger partial charge is 0.242 e. The lowest BCUT2D eigenvalue weighted by Gasteiger charge is -2.35. The van der Waals surface area contributed by atoms with Gasteiger partial charge in [-0.25, -0.2) is 13.1 Å². The van der Waals surface area contributed by atoms with Gasteiger partial charge in [0.25, 0.3) is 0 Å². The molecule has 0 bridgehead atoms. The highest BCUT2D eigenvalue weighted by Gasteiger charge is 2.31. The fourth-order valence-corrected chi connectivity index (χ4v) is 5.17. The lowest BCUT2D eigenvalue weighted by atomic mass is 10.0. The number of ether oxygens (including phenoxy) is 1. The molecule has 0 saturated heterocycles. The third-order valence-corrected chi connectivity index (χ3v) is 8.14. The second kappa shape index (κ2) is 11.4. The third kappa shape index (κ3) is 6.21.